The van der Waals surface area contributed by atoms with Crippen molar-refractivity contribution in [2.75, 3.05) is 18.0 Å². The molecule has 0 bridgehead atoms. The van der Waals surface area contributed by atoms with E-state index in [1.54, 1.807) is 27.6 Å². The van der Waals surface area contributed by atoms with Crippen LogP contribution >= 0.6 is 38.6 Å². The highest BCUT2D eigenvalue weighted by molar-refractivity contribution is 9.10. The Hall–Kier alpha value is -1.96. The Balaban J connectivity index is 1.43. The van der Waals surface area contributed by atoms with Crippen LogP contribution in [0.15, 0.2) is 57.7 Å². The molecular formula is C22H19BrN2O2S2. The van der Waals surface area contributed by atoms with Gasteiger partial charge in [0.15, 0.2) is 0 Å². The molecule has 2 aliphatic heterocycles. The van der Waals surface area contributed by atoms with Crippen LogP contribution in [0.4, 0.5) is 5.69 Å². The van der Waals surface area contributed by atoms with Crippen molar-refractivity contribution in [3.63, 3.8) is 0 Å². The fourth-order valence-corrected chi connectivity index (χ4v) is 6.58. The molecule has 2 unspecified atom stereocenters. The van der Waals surface area contributed by atoms with Crippen molar-refractivity contribution in [1.82, 2.24) is 4.90 Å². The molecule has 5 rings (SSSR count). The molecule has 1 saturated heterocycles. The lowest BCUT2D eigenvalue weighted by Crippen LogP contribution is -2.43. The number of carbonyl (C=O) groups is 2. The summed E-state index contributed by atoms with van der Waals surface area (Å²) in [5.74, 6) is -0.212. The van der Waals surface area contributed by atoms with Crippen molar-refractivity contribution in [1.29, 1.82) is 0 Å². The van der Waals surface area contributed by atoms with Crippen molar-refractivity contribution < 1.29 is 9.59 Å². The molecule has 1 aromatic carbocycles. The van der Waals surface area contributed by atoms with Gasteiger partial charge in [0, 0.05) is 33.7 Å². The molecule has 3 aromatic rings. The number of anilines is 1. The number of carbonyl (C=O) groups excluding carboxylic acids is 2. The smallest absolute Gasteiger partial charge is 0.228 e. The van der Waals surface area contributed by atoms with E-state index < -0.39 is 0 Å². The third kappa shape index (κ3) is 3.35. The van der Waals surface area contributed by atoms with E-state index in [1.807, 2.05) is 35.2 Å². The van der Waals surface area contributed by atoms with E-state index >= 15 is 0 Å². The quantitative estimate of drug-likeness (QED) is 0.516. The maximum absolute atomic E-state index is 13.6. The molecule has 4 heterocycles. The number of nitrogens with zero attached hydrogens (tertiary/aromatic N) is 2. The largest absolute Gasteiger partial charge is 0.330 e. The molecule has 1 fully saturated rings. The molecular weight excluding hydrogens is 468 g/mol. The highest BCUT2D eigenvalue weighted by atomic mass is 79.9. The van der Waals surface area contributed by atoms with Crippen LogP contribution in [0.25, 0.3) is 0 Å². The zero-order valence-electron chi connectivity index (χ0n) is 15.6. The summed E-state index contributed by atoms with van der Waals surface area (Å²) in [7, 11) is 0. The Labute approximate surface area is 185 Å². The van der Waals surface area contributed by atoms with Gasteiger partial charge >= 0.3 is 0 Å². The summed E-state index contributed by atoms with van der Waals surface area (Å²) in [6, 6.07) is 13.9. The lowest BCUT2D eigenvalue weighted by Gasteiger charge is -2.37. The third-order valence-electron chi connectivity index (χ3n) is 5.68. The van der Waals surface area contributed by atoms with Gasteiger partial charge in [0.2, 0.25) is 11.8 Å². The lowest BCUT2D eigenvalue weighted by atomic mass is 9.96. The van der Waals surface area contributed by atoms with E-state index in [2.05, 4.69) is 38.8 Å². The first-order chi connectivity index (χ1) is 14.1. The van der Waals surface area contributed by atoms with Gasteiger partial charge in [0.25, 0.3) is 0 Å². The summed E-state index contributed by atoms with van der Waals surface area (Å²) in [5.41, 5.74) is 2.07. The lowest BCUT2D eigenvalue weighted by molar-refractivity contribution is -0.137. The number of thiophene rings is 2. The summed E-state index contributed by atoms with van der Waals surface area (Å²) < 4.78 is 0.874. The minimum atomic E-state index is -0.308. The van der Waals surface area contributed by atoms with Gasteiger partial charge < -0.3 is 9.80 Å². The van der Waals surface area contributed by atoms with E-state index in [1.165, 1.54) is 15.3 Å². The predicted octanol–water partition coefficient (Wildman–Crippen LogP) is 5.10. The maximum Gasteiger partial charge on any atom is 0.228 e. The molecule has 29 heavy (non-hydrogen) atoms. The topological polar surface area (TPSA) is 40.6 Å². The first-order valence-electron chi connectivity index (χ1n) is 9.58. The SMILES string of the molecule is O=C1CC(C(=O)N2CCc3sccc3C2c2cccs2)CN1c1ccccc1Br. The number of hydrogen-bond acceptors (Lipinski definition) is 4. The van der Waals surface area contributed by atoms with Crippen molar-refractivity contribution >= 4 is 56.1 Å². The zero-order valence-corrected chi connectivity index (χ0v) is 18.8. The van der Waals surface area contributed by atoms with Gasteiger partial charge in [-0.15, -0.1) is 22.7 Å². The minimum absolute atomic E-state index is 0.0103. The Morgan fingerprint density at radius 2 is 1.93 bits per heavy atom. The molecule has 2 amide bonds. The van der Waals surface area contributed by atoms with E-state index in [4.69, 9.17) is 0 Å². The first-order valence-corrected chi connectivity index (χ1v) is 12.1. The highest BCUT2D eigenvalue weighted by Gasteiger charge is 2.41. The van der Waals surface area contributed by atoms with Gasteiger partial charge in [-0.1, -0.05) is 18.2 Å². The monoisotopic (exact) mass is 486 g/mol. The average molecular weight is 487 g/mol. The van der Waals surface area contributed by atoms with Crippen LogP contribution in [0.3, 0.4) is 0 Å². The summed E-state index contributed by atoms with van der Waals surface area (Å²) in [5, 5.41) is 4.18. The molecule has 4 nitrogen and oxygen atoms in total. The number of hydrogen-bond donors (Lipinski definition) is 0. The Kier molecular flexibility index (Phi) is 5.05. The second-order valence-corrected chi connectivity index (χ2v) is 10.2. The van der Waals surface area contributed by atoms with Gasteiger partial charge in [0.05, 0.1) is 17.6 Å². The third-order valence-corrected chi connectivity index (χ3v) is 8.27. The Morgan fingerprint density at radius 3 is 2.72 bits per heavy atom. The van der Waals surface area contributed by atoms with Crippen LogP contribution in [0.1, 0.15) is 27.8 Å². The van der Waals surface area contributed by atoms with E-state index in [-0.39, 0.29) is 30.2 Å². The molecule has 148 valence electrons. The van der Waals surface area contributed by atoms with Gasteiger partial charge in [-0.25, -0.2) is 0 Å². The van der Waals surface area contributed by atoms with E-state index in [0.29, 0.717) is 13.1 Å². The van der Waals surface area contributed by atoms with E-state index in [0.717, 1.165) is 16.6 Å². The maximum atomic E-state index is 13.6. The van der Waals surface area contributed by atoms with Crippen molar-refractivity contribution in [2.45, 2.75) is 18.9 Å². The summed E-state index contributed by atoms with van der Waals surface area (Å²) in [4.78, 5) is 32.6. The summed E-state index contributed by atoms with van der Waals surface area (Å²) in [6.45, 7) is 1.14. The highest BCUT2D eigenvalue weighted by Crippen LogP contribution is 2.41. The zero-order chi connectivity index (χ0) is 20.0. The summed E-state index contributed by atoms with van der Waals surface area (Å²) >= 11 is 6.99. The van der Waals surface area contributed by atoms with Crippen LogP contribution < -0.4 is 4.90 Å². The van der Waals surface area contributed by atoms with Crippen molar-refractivity contribution in [3.8, 4) is 0 Å². The Morgan fingerprint density at radius 1 is 1.07 bits per heavy atom. The van der Waals surface area contributed by atoms with Crippen LogP contribution in [0.5, 0.6) is 0 Å². The number of amides is 2. The van der Waals surface area contributed by atoms with Crippen molar-refractivity contribution in [3.05, 3.63) is 73.0 Å². The predicted molar refractivity (Wildman–Crippen MR) is 121 cm³/mol. The second kappa shape index (κ2) is 7.70. The molecule has 0 aliphatic carbocycles. The van der Waals surface area contributed by atoms with Crippen LogP contribution in [0.2, 0.25) is 0 Å². The molecule has 2 aliphatic rings. The van der Waals surface area contributed by atoms with Gasteiger partial charge in [-0.2, -0.15) is 0 Å². The van der Waals surface area contributed by atoms with E-state index in [9.17, 15) is 9.59 Å². The van der Waals surface area contributed by atoms with Gasteiger partial charge in [-0.05, 0) is 62.9 Å². The molecule has 0 spiro atoms. The minimum Gasteiger partial charge on any atom is -0.330 e. The van der Waals surface area contributed by atoms with Gasteiger partial charge in [0.1, 0.15) is 0 Å². The Bertz CT molecular complexity index is 1060. The normalized spacial score (nSPS) is 21.5. The molecule has 0 saturated carbocycles. The fourth-order valence-electron chi connectivity index (χ4n) is 4.32. The second-order valence-electron chi connectivity index (χ2n) is 7.36. The van der Waals surface area contributed by atoms with Crippen LogP contribution in [-0.4, -0.2) is 29.8 Å². The fraction of sp³-hybridized carbons (Fsp3) is 0.273. The molecule has 0 radical (unpaired) electrons. The number of halogens is 1. The average Bonchev–Trinajstić information content (AvgIpc) is 3.48. The number of rotatable bonds is 3. The molecule has 0 N–H and O–H groups in total. The first kappa shape index (κ1) is 19.0. The van der Waals surface area contributed by atoms with Crippen LogP contribution in [-0.2, 0) is 16.0 Å². The molecule has 2 atom stereocenters. The van der Waals surface area contributed by atoms with Crippen LogP contribution in [0, 0.1) is 5.92 Å². The number of para-hydroxylation sites is 1. The number of fused-ring (bicyclic) bond motifs is 1. The number of benzene rings is 1. The van der Waals surface area contributed by atoms with Crippen molar-refractivity contribution in [2.24, 2.45) is 5.92 Å². The molecule has 2 aromatic heterocycles. The standard InChI is InChI=1S/C22H19BrN2O2S2/c23-16-4-1-2-5-17(16)25-13-14(12-20(25)26)22(27)24-9-7-18-15(8-11-29-18)21(24)19-6-3-10-28-19/h1-6,8,10-11,14,21H,7,9,12-13H2. The molecule has 7 heteroatoms. The summed E-state index contributed by atoms with van der Waals surface area (Å²) in [6.07, 6.45) is 1.15. The van der Waals surface area contributed by atoms with Gasteiger partial charge in [-0.3, -0.25) is 9.59 Å².